The van der Waals surface area contributed by atoms with Gasteiger partial charge in [0, 0.05) is 4.88 Å². The summed E-state index contributed by atoms with van der Waals surface area (Å²) < 4.78 is 5.03. The minimum atomic E-state index is 0.824. The molecule has 0 amide bonds. The predicted octanol–water partition coefficient (Wildman–Crippen LogP) is 3.34. The van der Waals surface area contributed by atoms with Crippen LogP contribution in [-0.2, 0) is 0 Å². The number of nitrogens with zero attached hydrogens (tertiary/aromatic N) is 2. The highest BCUT2D eigenvalue weighted by molar-refractivity contribution is 9.11. The third-order valence-electron chi connectivity index (χ3n) is 1.36. The monoisotopic (exact) mass is 260 g/mol. The van der Waals surface area contributed by atoms with Crippen LogP contribution in [0.3, 0.4) is 0 Å². The van der Waals surface area contributed by atoms with Crippen molar-refractivity contribution >= 4 is 38.8 Å². The van der Waals surface area contributed by atoms with Gasteiger partial charge in [0.25, 0.3) is 0 Å². The smallest absolute Gasteiger partial charge is 0.184 e. The molecule has 62 valence electrons. The summed E-state index contributed by atoms with van der Waals surface area (Å²) in [6, 6.07) is 4.13. The van der Waals surface area contributed by atoms with Crippen molar-refractivity contribution in [3.63, 3.8) is 0 Å². The van der Waals surface area contributed by atoms with Gasteiger partial charge in [0.2, 0.25) is 0 Å². The molecular formula is C7H5BrN2S2. The third-order valence-corrected chi connectivity index (χ3v) is 3.48. The SMILES string of the molecule is Cc1ccc(-c2nsc(Br)n2)s1. The van der Waals surface area contributed by atoms with Gasteiger partial charge in [-0.3, -0.25) is 0 Å². The Morgan fingerprint density at radius 1 is 1.42 bits per heavy atom. The van der Waals surface area contributed by atoms with Crippen molar-refractivity contribution in [1.29, 1.82) is 0 Å². The fraction of sp³-hybridized carbons (Fsp3) is 0.143. The van der Waals surface area contributed by atoms with Gasteiger partial charge in [-0.2, -0.15) is 4.37 Å². The second kappa shape index (κ2) is 3.24. The molecule has 0 saturated carbocycles. The van der Waals surface area contributed by atoms with E-state index < -0.39 is 0 Å². The van der Waals surface area contributed by atoms with Crippen LogP contribution in [0.25, 0.3) is 10.7 Å². The molecule has 0 radical (unpaired) electrons. The highest BCUT2D eigenvalue weighted by Gasteiger charge is 2.05. The minimum Gasteiger partial charge on any atom is -0.207 e. The average Bonchev–Trinajstić information content (AvgIpc) is 2.58. The quantitative estimate of drug-likeness (QED) is 0.786. The fourth-order valence-electron chi connectivity index (χ4n) is 0.860. The van der Waals surface area contributed by atoms with E-state index in [1.165, 1.54) is 16.4 Å². The van der Waals surface area contributed by atoms with E-state index in [1.54, 1.807) is 11.3 Å². The molecule has 2 aromatic heterocycles. The van der Waals surface area contributed by atoms with E-state index in [1.807, 2.05) is 0 Å². The van der Waals surface area contributed by atoms with Crippen LogP contribution in [0.15, 0.2) is 16.0 Å². The molecule has 5 heteroatoms. The second-order valence-electron chi connectivity index (χ2n) is 2.28. The molecule has 0 aliphatic rings. The first-order chi connectivity index (χ1) is 5.75. The maximum Gasteiger partial charge on any atom is 0.184 e. The lowest BCUT2D eigenvalue weighted by Crippen LogP contribution is -1.71. The van der Waals surface area contributed by atoms with Crippen molar-refractivity contribution in [1.82, 2.24) is 9.36 Å². The number of hydrogen-bond acceptors (Lipinski definition) is 4. The molecule has 2 nitrogen and oxygen atoms in total. The second-order valence-corrected chi connectivity index (χ2v) is 5.60. The van der Waals surface area contributed by atoms with E-state index >= 15 is 0 Å². The molecule has 0 saturated heterocycles. The minimum absolute atomic E-state index is 0.824. The van der Waals surface area contributed by atoms with Crippen LogP contribution >= 0.6 is 38.8 Å². The van der Waals surface area contributed by atoms with E-state index in [2.05, 4.69) is 44.3 Å². The molecule has 12 heavy (non-hydrogen) atoms. The average molecular weight is 261 g/mol. The Labute approximate surface area is 86.6 Å². The topological polar surface area (TPSA) is 25.8 Å². The van der Waals surface area contributed by atoms with Gasteiger partial charge >= 0.3 is 0 Å². The summed E-state index contributed by atoms with van der Waals surface area (Å²) in [5.41, 5.74) is 0. The zero-order valence-corrected chi connectivity index (χ0v) is 9.46. The molecule has 0 aromatic carbocycles. The summed E-state index contributed by atoms with van der Waals surface area (Å²) in [5, 5.41) is 0. The number of rotatable bonds is 1. The first-order valence-corrected chi connectivity index (χ1v) is 5.70. The maximum atomic E-state index is 4.23. The Balaban J connectivity index is 2.43. The Morgan fingerprint density at radius 3 is 2.75 bits per heavy atom. The molecule has 0 fully saturated rings. The Bertz CT molecular complexity index is 355. The molecule has 0 atom stereocenters. The van der Waals surface area contributed by atoms with Gasteiger partial charge in [-0.1, -0.05) is 0 Å². The molecule has 0 unspecified atom stereocenters. The predicted molar refractivity (Wildman–Crippen MR) is 55.7 cm³/mol. The maximum absolute atomic E-state index is 4.23. The van der Waals surface area contributed by atoms with E-state index in [9.17, 15) is 0 Å². The Hall–Kier alpha value is -0.260. The van der Waals surface area contributed by atoms with Crippen molar-refractivity contribution in [3.05, 3.63) is 20.9 Å². The van der Waals surface area contributed by atoms with Gasteiger partial charge in [-0.25, -0.2) is 4.98 Å². The highest BCUT2D eigenvalue weighted by atomic mass is 79.9. The lowest BCUT2D eigenvalue weighted by atomic mass is 10.4. The van der Waals surface area contributed by atoms with Crippen LogP contribution < -0.4 is 0 Å². The van der Waals surface area contributed by atoms with Crippen molar-refractivity contribution in [3.8, 4) is 10.7 Å². The summed E-state index contributed by atoms with van der Waals surface area (Å²) in [6.45, 7) is 2.08. The normalized spacial score (nSPS) is 10.5. The van der Waals surface area contributed by atoms with Crippen LogP contribution in [0.1, 0.15) is 4.88 Å². The van der Waals surface area contributed by atoms with Gasteiger partial charge in [0.1, 0.15) is 0 Å². The van der Waals surface area contributed by atoms with Crippen LogP contribution in [0.2, 0.25) is 0 Å². The summed E-state index contributed by atoms with van der Waals surface area (Å²) in [4.78, 5) is 6.65. The number of aryl methyl sites for hydroxylation is 1. The van der Waals surface area contributed by atoms with E-state index in [4.69, 9.17) is 0 Å². The van der Waals surface area contributed by atoms with Crippen molar-refractivity contribution < 1.29 is 0 Å². The van der Waals surface area contributed by atoms with Crippen LogP contribution in [0.5, 0.6) is 0 Å². The molecule has 2 rings (SSSR count). The van der Waals surface area contributed by atoms with Gasteiger partial charge < -0.3 is 0 Å². The molecule has 2 aromatic rings. The third kappa shape index (κ3) is 1.57. The standard InChI is InChI=1S/C7H5BrN2S2/c1-4-2-3-5(11-4)6-9-7(8)12-10-6/h2-3H,1H3. The first-order valence-electron chi connectivity index (χ1n) is 3.32. The number of hydrogen-bond donors (Lipinski definition) is 0. The largest absolute Gasteiger partial charge is 0.207 e. The van der Waals surface area contributed by atoms with Crippen LogP contribution in [0.4, 0.5) is 0 Å². The molecule has 0 N–H and O–H groups in total. The highest BCUT2D eigenvalue weighted by Crippen LogP contribution is 2.27. The van der Waals surface area contributed by atoms with Crippen molar-refractivity contribution in [2.45, 2.75) is 6.92 Å². The number of thiophene rings is 1. The van der Waals surface area contributed by atoms with Crippen LogP contribution in [-0.4, -0.2) is 9.36 Å². The van der Waals surface area contributed by atoms with Crippen molar-refractivity contribution in [2.75, 3.05) is 0 Å². The molecule has 0 aliphatic heterocycles. The van der Waals surface area contributed by atoms with Gasteiger partial charge in [-0.05, 0) is 46.5 Å². The Kier molecular flexibility index (Phi) is 2.25. The lowest BCUT2D eigenvalue weighted by molar-refractivity contribution is 1.32. The summed E-state index contributed by atoms with van der Waals surface area (Å²) in [6.07, 6.45) is 0. The zero-order valence-electron chi connectivity index (χ0n) is 6.24. The molecular weight excluding hydrogens is 256 g/mol. The van der Waals surface area contributed by atoms with Gasteiger partial charge in [0.15, 0.2) is 9.74 Å². The van der Waals surface area contributed by atoms with Gasteiger partial charge in [-0.15, -0.1) is 11.3 Å². The van der Waals surface area contributed by atoms with Crippen molar-refractivity contribution in [2.24, 2.45) is 0 Å². The molecule has 0 spiro atoms. The van der Waals surface area contributed by atoms with Gasteiger partial charge in [0.05, 0.1) is 4.88 Å². The summed E-state index contributed by atoms with van der Waals surface area (Å²) >= 11 is 6.37. The van der Waals surface area contributed by atoms with E-state index in [-0.39, 0.29) is 0 Å². The Morgan fingerprint density at radius 2 is 2.25 bits per heavy atom. The first kappa shape index (κ1) is 8.34. The molecule has 0 aliphatic carbocycles. The fourth-order valence-corrected chi connectivity index (χ4v) is 2.53. The molecule has 2 heterocycles. The summed E-state index contributed by atoms with van der Waals surface area (Å²) in [7, 11) is 0. The number of halogens is 1. The van der Waals surface area contributed by atoms with Crippen LogP contribution in [0, 0.1) is 6.92 Å². The summed E-state index contributed by atoms with van der Waals surface area (Å²) in [5.74, 6) is 0.824. The molecule has 0 bridgehead atoms. The number of aromatic nitrogens is 2. The lowest BCUT2D eigenvalue weighted by Gasteiger charge is -1.83. The van der Waals surface area contributed by atoms with E-state index in [0.717, 1.165) is 14.6 Å². The zero-order chi connectivity index (χ0) is 8.55. The van der Waals surface area contributed by atoms with E-state index in [0.29, 0.717) is 0 Å².